The molecule has 29 heavy (non-hydrogen) atoms. The minimum atomic E-state index is -1.09. The van der Waals surface area contributed by atoms with Gasteiger partial charge in [-0.15, -0.1) is 0 Å². The van der Waals surface area contributed by atoms with E-state index in [0.29, 0.717) is 22.7 Å². The fourth-order valence-electron chi connectivity index (χ4n) is 2.75. The number of ether oxygens (including phenoxy) is 2. The maximum absolute atomic E-state index is 13.0. The first-order valence-corrected chi connectivity index (χ1v) is 8.73. The number of hydrogen-bond acceptors (Lipinski definition) is 6. The van der Waals surface area contributed by atoms with E-state index in [1.165, 1.54) is 44.6 Å². The maximum Gasteiger partial charge on any atom is 0.335 e. The molecule has 1 fully saturated rings. The summed E-state index contributed by atoms with van der Waals surface area (Å²) in [5.74, 6) is -1.42. The quantitative estimate of drug-likeness (QED) is 0.441. The number of nitrogens with zero attached hydrogens (tertiary/aromatic N) is 1. The van der Waals surface area contributed by atoms with E-state index in [9.17, 15) is 14.4 Å². The average molecular weight is 412 g/mol. The summed E-state index contributed by atoms with van der Waals surface area (Å²) in [5.41, 5.74) is 0.699. The van der Waals surface area contributed by atoms with E-state index in [4.69, 9.17) is 26.8 Å². The Morgan fingerprint density at radius 1 is 1.10 bits per heavy atom. The van der Waals surface area contributed by atoms with E-state index in [2.05, 4.69) is 5.32 Å². The molecular weight excluding hydrogens is 396 g/mol. The first kappa shape index (κ1) is 20.0. The van der Waals surface area contributed by atoms with Crippen LogP contribution in [0.25, 0.3) is 6.08 Å². The van der Waals surface area contributed by atoms with E-state index >= 15 is 0 Å². The molecule has 0 aromatic heterocycles. The summed E-state index contributed by atoms with van der Waals surface area (Å²) in [5, 5.41) is 11.4. The molecule has 2 amide bonds. The van der Waals surface area contributed by atoms with Crippen molar-refractivity contribution in [2.45, 2.75) is 0 Å². The number of carboxylic acids is 1. The summed E-state index contributed by atoms with van der Waals surface area (Å²) in [7, 11) is 2.97. The molecule has 1 aliphatic heterocycles. The molecule has 1 saturated heterocycles. The molecule has 8 nitrogen and oxygen atoms in total. The summed E-state index contributed by atoms with van der Waals surface area (Å²) < 4.78 is 10.5. The van der Waals surface area contributed by atoms with Crippen molar-refractivity contribution in [1.29, 1.82) is 0 Å². The molecule has 0 saturated carbocycles. The molecule has 1 aliphatic rings. The number of benzene rings is 2. The van der Waals surface area contributed by atoms with E-state index in [0.717, 1.165) is 4.90 Å². The monoisotopic (exact) mass is 412 g/mol. The van der Waals surface area contributed by atoms with Crippen LogP contribution in [0.3, 0.4) is 0 Å². The van der Waals surface area contributed by atoms with E-state index in [1.807, 2.05) is 0 Å². The Morgan fingerprint density at radius 3 is 2.38 bits per heavy atom. The number of methoxy groups -OCH3 is 2. The Balaban J connectivity index is 2.03. The zero-order valence-electron chi connectivity index (χ0n) is 15.5. The lowest BCUT2D eigenvalue weighted by molar-refractivity contribution is -0.122. The zero-order chi connectivity index (χ0) is 21.1. The van der Waals surface area contributed by atoms with Crippen LogP contribution in [-0.4, -0.2) is 42.2 Å². The molecule has 9 heteroatoms. The number of aromatic carboxylic acids is 1. The molecule has 0 atom stereocenters. The minimum absolute atomic E-state index is 0.0602. The van der Waals surface area contributed by atoms with Crippen LogP contribution in [-0.2, 0) is 9.59 Å². The van der Waals surface area contributed by atoms with Crippen LogP contribution in [0.4, 0.5) is 5.69 Å². The van der Waals surface area contributed by atoms with Gasteiger partial charge in [0.05, 0.1) is 25.5 Å². The van der Waals surface area contributed by atoms with Crippen molar-refractivity contribution in [2.75, 3.05) is 19.1 Å². The number of carboxylic acid groups (broad SMARTS) is 1. The molecule has 0 spiro atoms. The molecule has 0 unspecified atom stereocenters. The van der Waals surface area contributed by atoms with Gasteiger partial charge in [0, 0.05) is 5.56 Å². The number of amides is 2. The summed E-state index contributed by atoms with van der Waals surface area (Å²) >= 11 is 5.14. The van der Waals surface area contributed by atoms with Crippen LogP contribution in [0.5, 0.6) is 11.5 Å². The first-order chi connectivity index (χ1) is 13.8. The molecule has 3 rings (SSSR count). The SMILES string of the molecule is COc1ccc(OC)c(/C=C2\C(=O)NC(=S)N(c3ccc(C(=O)O)cc3)C2=O)c1. The largest absolute Gasteiger partial charge is 0.497 e. The van der Waals surface area contributed by atoms with Gasteiger partial charge in [-0.25, -0.2) is 4.79 Å². The summed E-state index contributed by atoms with van der Waals surface area (Å²) in [4.78, 5) is 37.6. The lowest BCUT2D eigenvalue weighted by atomic mass is 10.1. The smallest absolute Gasteiger partial charge is 0.335 e. The zero-order valence-corrected chi connectivity index (χ0v) is 16.3. The third kappa shape index (κ3) is 3.94. The van der Waals surface area contributed by atoms with Crippen LogP contribution < -0.4 is 19.7 Å². The number of anilines is 1. The third-order valence-corrected chi connectivity index (χ3v) is 4.50. The highest BCUT2D eigenvalue weighted by Gasteiger charge is 2.34. The predicted molar refractivity (Wildman–Crippen MR) is 109 cm³/mol. The minimum Gasteiger partial charge on any atom is -0.497 e. The number of carbonyl (C=O) groups is 3. The topological polar surface area (TPSA) is 105 Å². The van der Waals surface area contributed by atoms with Gasteiger partial charge in [0.25, 0.3) is 11.8 Å². The van der Waals surface area contributed by atoms with E-state index in [-0.39, 0.29) is 16.2 Å². The van der Waals surface area contributed by atoms with Gasteiger partial charge in [-0.05, 0) is 60.8 Å². The summed E-state index contributed by atoms with van der Waals surface area (Å²) in [6.07, 6.45) is 1.39. The maximum atomic E-state index is 13.0. The molecule has 2 aromatic rings. The second kappa shape index (κ2) is 8.11. The average Bonchev–Trinajstić information content (AvgIpc) is 2.71. The fraction of sp³-hybridized carbons (Fsp3) is 0.100. The van der Waals surface area contributed by atoms with Crippen LogP contribution in [0.2, 0.25) is 0 Å². The molecule has 0 aliphatic carbocycles. The van der Waals surface area contributed by atoms with E-state index < -0.39 is 17.8 Å². The molecule has 0 radical (unpaired) electrons. The number of carbonyl (C=O) groups excluding carboxylic acids is 2. The van der Waals surface area contributed by atoms with Gasteiger partial charge in [0.2, 0.25) is 0 Å². The Kier molecular flexibility index (Phi) is 5.60. The number of thiocarbonyl (C=S) groups is 1. The number of rotatable bonds is 5. The van der Waals surface area contributed by atoms with E-state index in [1.54, 1.807) is 18.2 Å². The van der Waals surface area contributed by atoms with Gasteiger partial charge in [-0.2, -0.15) is 0 Å². The van der Waals surface area contributed by atoms with Crippen molar-refractivity contribution in [1.82, 2.24) is 5.32 Å². The van der Waals surface area contributed by atoms with Crippen molar-refractivity contribution in [3.05, 3.63) is 59.2 Å². The molecular formula is C20H16N2O6S. The first-order valence-electron chi connectivity index (χ1n) is 8.32. The van der Waals surface area contributed by atoms with Crippen LogP contribution in [0.1, 0.15) is 15.9 Å². The molecule has 2 aromatic carbocycles. The van der Waals surface area contributed by atoms with Gasteiger partial charge < -0.3 is 14.6 Å². The molecule has 0 bridgehead atoms. The second-order valence-corrected chi connectivity index (χ2v) is 6.30. The van der Waals surface area contributed by atoms with Crippen LogP contribution in [0.15, 0.2) is 48.0 Å². The summed E-state index contributed by atoms with van der Waals surface area (Å²) in [6, 6.07) is 10.5. The lowest BCUT2D eigenvalue weighted by Gasteiger charge is -2.29. The van der Waals surface area contributed by atoms with Gasteiger partial charge in [-0.3, -0.25) is 19.8 Å². The van der Waals surface area contributed by atoms with Crippen LogP contribution in [0, 0.1) is 0 Å². The highest BCUT2D eigenvalue weighted by Crippen LogP contribution is 2.28. The van der Waals surface area contributed by atoms with Crippen molar-refractivity contribution >= 4 is 46.9 Å². The van der Waals surface area contributed by atoms with Crippen molar-refractivity contribution < 1.29 is 29.0 Å². The molecule has 148 valence electrons. The van der Waals surface area contributed by atoms with Gasteiger partial charge >= 0.3 is 5.97 Å². The lowest BCUT2D eigenvalue weighted by Crippen LogP contribution is -2.54. The summed E-state index contributed by atoms with van der Waals surface area (Å²) in [6.45, 7) is 0. The number of hydrogen-bond donors (Lipinski definition) is 2. The van der Waals surface area contributed by atoms with Crippen molar-refractivity contribution in [3.63, 3.8) is 0 Å². The van der Waals surface area contributed by atoms with Gasteiger partial charge in [0.1, 0.15) is 17.1 Å². The Morgan fingerprint density at radius 2 is 1.79 bits per heavy atom. The standard InChI is InChI=1S/C20H16N2O6S/c1-27-14-7-8-16(28-2)12(9-14)10-15-17(23)21-20(29)22(18(15)24)13-5-3-11(4-6-13)19(25)26/h3-10H,1-2H3,(H,25,26)(H,21,23,29)/b15-10+. The Hall–Kier alpha value is -3.72. The van der Waals surface area contributed by atoms with Crippen molar-refractivity contribution in [2.24, 2.45) is 0 Å². The van der Waals surface area contributed by atoms with Gasteiger partial charge in [0.15, 0.2) is 5.11 Å². The molecule has 2 N–H and O–H groups in total. The van der Waals surface area contributed by atoms with Crippen molar-refractivity contribution in [3.8, 4) is 11.5 Å². The molecule has 1 heterocycles. The normalized spacial score (nSPS) is 15.3. The van der Waals surface area contributed by atoms with Crippen LogP contribution >= 0.6 is 12.2 Å². The fourth-order valence-corrected chi connectivity index (χ4v) is 3.03. The second-order valence-electron chi connectivity index (χ2n) is 5.92. The third-order valence-electron chi connectivity index (χ3n) is 4.21. The van der Waals surface area contributed by atoms with Gasteiger partial charge in [-0.1, -0.05) is 0 Å². The highest BCUT2D eigenvalue weighted by molar-refractivity contribution is 7.80. The predicted octanol–water partition coefficient (Wildman–Crippen LogP) is 2.23. The number of nitrogens with one attached hydrogen (secondary N) is 1. The Bertz CT molecular complexity index is 1050. The Labute approximate surface area is 171 Å². The highest BCUT2D eigenvalue weighted by atomic mass is 32.1.